The first-order valence-electron chi connectivity index (χ1n) is 6.05. The lowest BCUT2D eigenvalue weighted by Crippen LogP contribution is -1.91. The first kappa shape index (κ1) is 16.4. The molecule has 2 N–H and O–H groups in total. The largest absolute Gasteiger partial charge is 0.507 e. The fourth-order valence-electron chi connectivity index (χ4n) is 1.83. The molecular weight excluding hydrogens is 276 g/mol. The highest BCUT2D eigenvalue weighted by Gasteiger charge is 2.13. The fraction of sp³-hybridized carbons (Fsp3) is 0.267. The molecule has 6 nitrogen and oxygen atoms in total. The Hall–Kier alpha value is -2.63. The molecule has 2 rings (SSSR count). The third-order valence-electron chi connectivity index (χ3n) is 2.67. The van der Waals surface area contributed by atoms with Crippen LogP contribution >= 0.6 is 0 Å². The molecule has 0 aliphatic rings. The molecule has 21 heavy (non-hydrogen) atoms. The second-order valence-corrected chi connectivity index (χ2v) is 4.06. The number of benzene rings is 2. The third-order valence-corrected chi connectivity index (χ3v) is 2.67. The van der Waals surface area contributed by atoms with E-state index in [4.69, 9.17) is 24.1 Å². The van der Waals surface area contributed by atoms with Gasteiger partial charge in [-0.3, -0.25) is 4.79 Å². The standard InChI is InChI=1S/C13H14O4.C2H4O2/c1-15-8-6-9-11(16-2)5-4-10(14)13(9)12(7-8)17-3;1-2(3)4/h4-7,14H,1-3H3;1H3,(H,3,4). The van der Waals surface area contributed by atoms with Crippen molar-refractivity contribution in [2.24, 2.45) is 0 Å². The Kier molecular flexibility index (Phi) is 5.66. The number of phenolic OH excluding ortho intramolecular Hbond substituents is 1. The van der Waals surface area contributed by atoms with Crippen LogP contribution in [0.4, 0.5) is 0 Å². The van der Waals surface area contributed by atoms with Gasteiger partial charge in [-0.1, -0.05) is 0 Å². The van der Waals surface area contributed by atoms with E-state index in [1.165, 1.54) is 0 Å². The van der Waals surface area contributed by atoms with Crippen molar-refractivity contribution >= 4 is 16.7 Å². The normalized spacial score (nSPS) is 9.52. The van der Waals surface area contributed by atoms with Gasteiger partial charge in [-0.15, -0.1) is 0 Å². The van der Waals surface area contributed by atoms with E-state index in [-0.39, 0.29) is 5.75 Å². The second-order valence-electron chi connectivity index (χ2n) is 4.06. The van der Waals surface area contributed by atoms with Gasteiger partial charge < -0.3 is 24.4 Å². The van der Waals surface area contributed by atoms with Crippen LogP contribution in [0.25, 0.3) is 10.8 Å². The lowest BCUT2D eigenvalue weighted by atomic mass is 10.1. The third kappa shape index (κ3) is 3.92. The Balaban J connectivity index is 0.000000491. The summed E-state index contributed by atoms with van der Waals surface area (Å²) in [6, 6.07) is 6.81. The van der Waals surface area contributed by atoms with Gasteiger partial charge in [0.05, 0.1) is 26.7 Å². The first-order chi connectivity index (χ1) is 9.94. The van der Waals surface area contributed by atoms with Gasteiger partial charge in [0.1, 0.15) is 23.0 Å². The molecule has 0 aliphatic carbocycles. The van der Waals surface area contributed by atoms with Crippen molar-refractivity contribution in [3.05, 3.63) is 24.3 Å². The zero-order chi connectivity index (χ0) is 16.0. The second kappa shape index (κ2) is 7.23. The van der Waals surface area contributed by atoms with Gasteiger partial charge in [-0.25, -0.2) is 0 Å². The molecule has 0 unspecified atom stereocenters. The number of aliphatic carboxylic acids is 1. The van der Waals surface area contributed by atoms with E-state index >= 15 is 0 Å². The van der Waals surface area contributed by atoms with Gasteiger partial charge in [0.15, 0.2) is 0 Å². The average molecular weight is 294 g/mol. The number of hydrogen-bond acceptors (Lipinski definition) is 5. The Morgan fingerprint density at radius 1 is 1.00 bits per heavy atom. The first-order valence-corrected chi connectivity index (χ1v) is 6.05. The van der Waals surface area contributed by atoms with Gasteiger partial charge in [-0.2, -0.15) is 0 Å². The number of methoxy groups -OCH3 is 3. The van der Waals surface area contributed by atoms with Gasteiger partial charge in [0.2, 0.25) is 0 Å². The van der Waals surface area contributed by atoms with E-state index in [9.17, 15) is 5.11 Å². The smallest absolute Gasteiger partial charge is 0.300 e. The molecule has 0 amide bonds. The Morgan fingerprint density at radius 2 is 1.57 bits per heavy atom. The molecule has 6 heteroatoms. The van der Waals surface area contributed by atoms with E-state index < -0.39 is 5.97 Å². The number of phenols is 1. The molecule has 0 saturated heterocycles. The van der Waals surface area contributed by atoms with E-state index in [2.05, 4.69) is 0 Å². The van der Waals surface area contributed by atoms with E-state index in [0.29, 0.717) is 22.6 Å². The lowest BCUT2D eigenvalue weighted by Gasteiger charge is -2.12. The van der Waals surface area contributed by atoms with Crippen LogP contribution in [0.1, 0.15) is 6.92 Å². The lowest BCUT2D eigenvalue weighted by molar-refractivity contribution is -0.134. The molecule has 0 aromatic heterocycles. The van der Waals surface area contributed by atoms with Crippen molar-refractivity contribution in [3.8, 4) is 23.0 Å². The predicted molar refractivity (Wildman–Crippen MR) is 78.6 cm³/mol. The van der Waals surface area contributed by atoms with Crippen molar-refractivity contribution < 1.29 is 29.2 Å². The summed E-state index contributed by atoms with van der Waals surface area (Å²) in [6.45, 7) is 1.08. The van der Waals surface area contributed by atoms with Crippen molar-refractivity contribution in [2.45, 2.75) is 6.92 Å². The maximum absolute atomic E-state index is 9.89. The molecule has 0 aliphatic heterocycles. The summed E-state index contributed by atoms with van der Waals surface area (Å²) >= 11 is 0. The van der Waals surface area contributed by atoms with Crippen LogP contribution in [0.3, 0.4) is 0 Å². The topological polar surface area (TPSA) is 85.2 Å². The number of ether oxygens (including phenoxy) is 3. The Morgan fingerprint density at radius 3 is 2.05 bits per heavy atom. The number of carbonyl (C=O) groups is 1. The van der Waals surface area contributed by atoms with Crippen LogP contribution in [0.15, 0.2) is 24.3 Å². The SMILES string of the molecule is CC(=O)O.COc1cc(OC)c2c(O)ccc(OC)c2c1. The molecule has 2 aromatic carbocycles. The quantitative estimate of drug-likeness (QED) is 0.905. The summed E-state index contributed by atoms with van der Waals surface area (Å²) in [5, 5.41) is 18.7. The highest BCUT2D eigenvalue weighted by molar-refractivity contribution is 5.98. The molecule has 114 valence electrons. The minimum atomic E-state index is -0.833. The molecule has 0 spiro atoms. The van der Waals surface area contributed by atoms with Crippen LogP contribution in [0.5, 0.6) is 23.0 Å². The molecular formula is C15H18O6. The summed E-state index contributed by atoms with van der Waals surface area (Å²) in [6.07, 6.45) is 0. The number of hydrogen-bond donors (Lipinski definition) is 2. The highest BCUT2D eigenvalue weighted by atomic mass is 16.5. The maximum Gasteiger partial charge on any atom is 0.300 e. The van der Waals surface area contributed by atoms with E-state index in [1.807, 2.05) is 0 Å². The zero-order valence-electron chi connectivity index (χ0n) is 12.3. The van der Waals surface area contributed by atoms with Crippen LogP contribution < -0.4 is 14.2 Å². The van der Waals surface area contributed by atoms with E-state index in [1.54, 1.807) is 45.6 Å². The maximum atomic E-state index is 9.89. The zero-order valence-corrected chi connectivity index (χ0v) is 12.3. The minimum absolute atomic E-state index is 0.153. The van der Waals surface area contributed by atoms with Crippen molar-refractivity contribution in [2.75, 3.05) is 21.3 Å². The molecule has 0 heterocycles. The number of fused-ring (bicyclic) bond motifs is 1. The van der Waals surface area contributed by atoms with Crippen LogP contribution in [-0.4, -0.2) is 37.5 Å². The molecule has 0 radical (unpaired) electrons. The predicted octanol–water partition coefficient (Wildman–Crippen LogP) is 2.66. The van der Waals surface area contributed by atoms with Crippen LogP contribution in [0.2, 0.25) is 0 Å². The van der Waals surface area contributed by atoms with Crippen LogP contribution in [0, 0.1) is 0 Å². The number of carboxylic acid groups (broad SMARTS) is 1. The number of aromatic hydroxyl groups is 1. The minimum Gasteiger partial charge on any atom is -0.507 e. The van der Waals surface area contributed by atoms with Gasteiger partial charge in [0, 0.05) is 18.4 Å². The number of carboxylic acids is 1. The molecule has 0 fully saturated rings. The Labute approximate surface area is 122 Å². The summed E-state index contributed by atoms with van der Waals surface area (Å²) in [5.41, 5.74) is 0. The molecule has 0 saturated carbocycles. The van der Waals surface area contributed by atoms with Crippen LogP contribution in [-0.2, 0) is 4.79 Å². The summed E-state index contributed by atoms with van der Waals surface area (Å²) in [5.74, 6) is 1.18. The fourth-order valence-corrected chi connectivity index (χ4v) is 1.83. The van der Waals surface area contributed by atoms with Gasteiger partial charge in [0.25, 0.3) is 5.97 Å². The average Bonchev–Trinajstić information content (AvgIpc) is 2.45. The molecule has 0 atom stereocenters. The summed E-state index contributed by atoms with van der Waals surface area (Å²) in [7, 11) is 4.71. The monoisotopic (exact) mass is 294 g/mol. The molecule has 2 aromatic rings. The molecule has 0 bridgehead atoms. The van der Waals surface area contributed by atoms with Crippen molar-refractivity contribution in [1.82, 2.24) is 0 Å². The Bertz CT molecular complexity index is 632. The van der Waals surface area contributed by atoms with Gasteiger partial charge >= 0.3 is 0 Å². The van der Waals surface area contributed by atoms with Crippen molar-refractivity contribution in [1.29, 1.82) is 0 Å². The summed E-state index contributed by atoms with van der Waals surface area (Å²) in [4.78, 5) is 9.00. The van der Waals surface area contributed by atoms with Gasteiger partial charge in [-0.05, 0) is 18.2 Å². The van der Waals surface area contributed by atoms with Crippen molar-refractivity contribution in [3.63, 3.8) is 0 Å². The summed E-state index contributed by atoms with van der Waals surface area (Å²) < 4.78 is 15.7. The van der Waals surface area contributed by atoms with E-state index in [0.717, 1.165) is 12.3 Å². The number of rotatable bonds is 3. The highest BCUT2D eigenvalue weighted by Crippen LogP contribution is 2.41.